The molecule has 1 fully saturated rings. The fourth-order valence-electron chi connectivity index (χ4n) is 2.68. The summed E-state index contributed by atoms with van der Waals surface area (Å²) in [5, 5.41) is 13.1. The van der Waals surface area contributed by atoms with E-state index in [2.05, 4.69) is 12.2 Å². The number of carbonyl (C=O) groups is 1. The van der Waals surface area contributed by atoms with Crippen LogP contribution in [0.3, 0.4) is 0 Å². The van der Waals surface area contributed by atoms with Gasteiger partial charge in [0.15, 0.2) is 0 Å². The molecule has 1 aliphatic rings. The summed E-state index contributed by atoms with van der Waals surface area (Å²) >= 11 is 2.01. The molecule has 0 unspecified atom stereocenters. The Labute approximate surface area is 125 Å². The second-order valence-electron chi connectivity index (χ2n) is 5.32. The van der Waals surface area contributed by atoms with E-state index in [0.29, 0.717) is 12.5 Å². The summed E-state index contributed by atoms with van der Waals surface area (Å²) in [4.78, 5) is 11.9. The quantitative estimate of drug-likeness (QED) is 0.847. The van der Waals surface area contributed by atoms with Gasteiger partial charge < -0.3 is 10.4 Å². The Balaban J connectivity index is 1.69. The number of hydrogen-bond acceptors (Lipinski definition) is 3. The molecular weight excluding hydrogens is 270 g/mol. The topological polar surface area (TPSA) is 49.3 Å². The van der Waals surface area contributed by atoms with Crippen LogP contribution in [0.15, 0.2) is 24.3 Å². The Morgan fingerprint density at radius 3 is 2.80 bits per heavy atom. The second kappa shape index (κ2) is 7.58. The van der Waals surface area contributed by atoms with E-state index in [-0.39, 0.29) is 11.7 Å². The van der Waals surface area contributed by atoms with Crippen LogP contribution in [0, 0.1) is 0 Å². The highest BCUT2D eigenvalue weighted by atomic mass is 32.2. The average Bonchev–Trinajstić information content (AvgIpc) is 2.86. The first-order valence-corrected chi connectivity index (χ1v) is 8.41. The Kier molecular flexibility index (Phi) is 5.77. The SMILES string of the molecule is CCS[C@@H]1CC[C@H](NC(=O)CCc2ccc(O)cc2)C1. The molecule has 2 rings (SSSR count). The van der Waals surface area contributed by atoms with Crippen molar-refractivity contribution >= 4 is 17.7 Å². The van der Waals surface area contributed by atoms with Crippen LogP contribution in [0.4, 0.5) is 0 Å². The van der Waals surface area contributed by atoms with Gasteiger partial charge in [0.2, 0.25) is 5.91 Å². The number of amides is 1. The molecule has 1 aliphatic carbocycles. The van der Waals surface area contributed by atoms with Gasteiger partial charge in [0.1, 0.15) is 5.75 Å². The number of phenols is 1. The third-order valence-corrected chi connectivity index (χ3v) is 4.96. The van der Waals surface area contributed by atoms with E-state index in [1.165, 1.54) is 6.42 Å². The predicted molar refractivity (Wildman–Crippen MR) is 84.1 cm³/mol. The molecule has 0 aromatic heterocycles. The number of hydrogen-bond donors (Lipinski definition) is 2. The van der Waals surface area contributed by atoms with Crippen LogP contribution in [0.25, 0.3) is 0 Å². The van der Waals surface area contributed by atoms with Crippen molar-refractivity contribution in [2.24, 2.45) is 0 Å². The Bertz CT molecular complexity index is 433. The maximum Gasteiger partial charge on any atom is 0.220 e. The zero-order chi connectivity index (χ0) is 14.4. The molecule has 0 heterocycles. The number of thioether (sulfide) groups is 1. The fourth-order valence-corrected chi connectivity index (χ4v) is 3.82. The largest absolute Gasteiger partial charge is 0.508 e. The van der Waals surface area contributed by atoms with Crippen molar-refractivity contribution in [2.45, 2.75) is 50.3 Å². The molecule has 20 heavy (non-hydrogen) atoms. The summed E-state index contributed by atoms with van der Waals surface area (Å²) in [7, 11) is 0. The Morgan fingerprint density at radius 2 is 2.10 bits per heavy atom. The van der Waals surface area contributed by atoms with E-state index in [0.717, 1.165) is 35.8 Å². The molecular formula is C16H23NO2S. The van der Waals surface area contributed by atoms with Crippen LogP contribution in [0.1, 0.15) is 38.2 Å². The van der Waals surface area contributed by atoms with E-state index in [4.69, 9.17) is 0 Å². The first kappa shape index (κ1) is 15.2. The van der Waals surface area contributed by atoms with E-state index in [1.54, 1.807) is 12.1 Å². The number of carbonyl (C=O) groups excluding carboxylic acids is 1. The molecule has 1 saturated carbocycles. The van der Waals surface area contributed by atoms with Crippen LogP contribution in [-0.4, -0.2) is 28.1 Å². The number of aromatic hydroxyl groups is 1. The summed E-state index contributed by atoms with van der Waals surface area (Å²) in [5.41, 5.74) is 1.09. The molecule has 110 valence electrons. The van der Waals surface area contributed by atoms with Crippen LogP contribution >= 0.6 is 11.8 Å². The average molecular weight is 293 g/mol. The molecule has 1 amide bonds. The number of aryl methyl sites for hydroxylation is 1. The molecule has 1 aromatic carbocycles. The van der Waals surface area contributed by atoms with Gasteiger partial charge in [-0.2, -0.15) is 11.8 Å². The molecule has 3 nitrogen and oxygen atoms in total. The molecule has 0 bridgehead atoms. The minimum absolute atomic E-state index is 0.144. The lowest BCUT2D eigenvalue weighted by Gasteiger charge is -2.13. The number of phenolic OH excluding ortho intramolecular Hbond substituents is 1. The van der Waals surface area contributed by atoms with E-state index in [1.807, 2.05) is 23.9 Å². The number of rotatable bonds is 6. The lowest BCUT2D eigenvalue weighted by Crippen LogP contribution is -2.33. The van der Waals surface area contributed by atoms with Gasteiger partial charge in [-0.1, -0.05) is 19.1 Å². The predicted octanol–water partition coefficient (Wildman–Crippen LogP) is 3.12. The maximum atomic E-state index is 11.9. The van der Waals surface area contributed by atoms with E-state index >= 15 is 0 Å². The van der Waals surface area contributed by atoms with Crippen LogP contribution in [-0.2, 0) is 11.2 Å². The van der Waals surface area contributed by atoms with Gasteiger partial charge in [-0.3, -0.25) is 4.79 Å². The highest BCUT2D eigenvalue weighted by molar-refractivity contribution is 7.99. The van der Waals surface area contributed by atoms with E-state index < -0.39 is 0 Å². The number of nitrogens with one attached hydrogen (secondary N) is 1. The van der Waals surface area contributed by atoms with Crippen molar-refractivity contribution in [1.29, 1.82) is 0 Å². The van der Waals surface area contributed by atoms with Crippen molar-refractivity contribution in [3.8, 4) is 5.75 Å². The monoisotopic (exact) mass is 293 g/mol. The molecule has 0 spiro atoms. The minimum Gasteiger partial charge on any atom is -0.508 e. The normalized spacial score (nSPS) is 21.9. The van der Waals surface area contributed by atoms with Gasteiger partial charge in [0.05, 0.1) is 0 Å². The lowest BCUT2D eigenvalue weighted by atomic mass is 10.1. The Morgan fingerprint density at radius 1 is 1.35 bits per heavy atom. The van der Waals surface area contributed by atoms with Gasteiger partial charge in [-0.05, 0) is 49.1 Å². The maximum absolute atomic E-state index is 11.9. The van der Waals surface area contributed by atoms with Crippen molar-refractivity contribution in [3.63, 3.8) is 0 Å². The van der Waals surface area contributed by atoms with Crippen LogP contribution in [0.5, 0.6) is 5.75 Å². The molecule has 0 aliphatic heterocycles. The molecule has 1 aromatic rings. The van der Waals surface area contributed by atoms with Crippen molar-refractivity contribution in [3.05, 3.63) is 29.8 Å². The highest BCUT2D eigenvalue weighted by Gasteiger charge is 2.25. The summed E-state index contributed by atoms with van der Waals surface area (Å²) in [6.45, 7) is 2.19. The van der Waals surface area contributed by atoms with Crippen molar-refractivity contribution in [2.75, 3.05) is 5.75 Å². The summed E-state index contributed by atoms with van der Waals surface area (Å²) in [6, 6.07) is 7.43. The smallest absolute Gasteiger partial charge is 0.220 e. The van der Waals surface area contributed by atoms with Gasteiger partial charge in [0.25, 0.3) is 0 Å². The Hall–Kier alpha value is -1.16. The van der Waals surface area contributed by atoms with Gasteiger partial charge in [-0.15, -0.1) is 0 Å². The minimum atomic E-state index is 0.144. The first-order chi connectivity index (χ1) is 9.67. The molecule has 0 saturated heterocycles. The zero-order valence-corrected chi connectivity index (χ0v) is 12.8. The van der Waals surface area contributed by atoms with Crippen molar-refractivity contribution in [1.82, 2.24) is 5.32 Å². The molecule has 2 N–H and O–H groups in total. The fraction of sp³-hybridized carbons (Fsp3) is 0.562. The van der Waals surface area contributed by atoms with Gasteiger partial charge in [-0.25, -0.2) is 0 Å². The number of benzene rings is 1. The third-order valence-electron chi connectivity index (χ3n) is 3.73. The van der Waals surface area contributed by atoms with Gasteiger partial charge >= 0.3 is 0 Å². The highest BCUT2D eigenvalue weighted by Crippen LogP contribution is 2.29. The molecule has 4 heteroatoms. The van der Waals surface area contributed by atoms with Gasteiger partial charge in [0, 0.05) is 17.7 Å². The zero-order valence-electron chi connectivity index (χ0n) is 12.0. The van der Waals surface area contributed by atoms with E-state index in [9.17, 15) is 9.90 Å². The molecule has 0 radical (unpaired) electrons. The van der Waals surface area contributed by atoms with Crippen LogP contribution < -0.4 is 5.32 Å². The lowest BCUT2D eigenvalue weighted by molar-refractivity contribution is -0.121. The first-order valence-electron chi connectivity index (χ1n) is 7.36. The second-order valence-corrected chi connectivity index (χ2v) is 6.90. The summed E-state index contributed by atoms with van der Waals surface area (Å²) < 4.78 is 0. The third kappa shape index (κ3) is 4.75. The van der Waals surface area contributed by atoms with Crippen LogP contribution in [0.2, 0.25) is 0 Å². The summed E-state index contributed by atoms with van der Waals surface area (Å²) in [5.74, 6) is 1.57. The molecule has 2 atom stereocenters. The summed E-state index contributed by atoms with van der Waals surface area (Å²) in [6.07, 6.45) is 4.70. The standard InChI is InChI=1S/C16H23NO2S/c1-2-20-15-9-6-13(11-15)17-16(19)10-5-12-3-7-14(18)8-4-12/h3-4,7-8,13,15,18H,2,5-6,9-11H2,1H3,(H,17,19)/t13-,15+/m0/s1. The van der Waals surface area contributed by atoms with Crippen molar-refractivity contribution < 1.29 is 9.90 Å².